The Morgan fingerprint density at radius 3 is 2.47 bits per heavy atom. The number of ether oxygens (including phenoxy) is 2. The van der Waals surface area contributed by atoms with E-state index in [-0.39, 0.29) is 5.91 Å². The van der Waals surface area contributed by atoms with Gasteiger partial charge in [-0.05, 0) is 42.7 Å². The van der Waals surface area contributed by atoms with Crippen LogP contribution in [0.5, 0.6) is 5.06 Å². The van der Waals surface area contributed by atoms with E-state index in [2.05, 4.69) is 25.7 Å². The number of aromatic nitrogens is 2. The Labute approximate surface area is 225 Å². The number of benzene rings is 2. The van der Waals surface area contributed by atoms with E-state index < -0.39 is 11.6 Å². The summed E-state index contributed by atoms with van der Waals surface area (Å²) in [7, 11) is 0. The molecule has 0 aliphatic carbocycles. The second kappa shape index (κ2) is 11.2. The summed E-state index contributed by atoms with van der Waals surface area (Å²) in [4.78, 5) is 28.7. The number of H-pyrrole nitrogens is 1. The van der Waals surface area contributed by atoms with Gasteiger partial charge in [0.15, 0.2) is 10.9 Å². The molecule has 0 spiro atoms. The molecule has 0 bridgehead atoms. The van der Waals surface area contributed by atoms with Gasteiger partial charge in [-0.25, -0.2) is 4.79 Å². The Morgan fingerprint density at radius 1 is 1.08 bits per heavy atom. The van der Waals surface area contributed by atoms with Crippen LogP contribution in [0.1, 0.15) is 42.6 Å². The maximum atomic E-state index is 12.9. The fourth-order valence-electron chi connectivity index (χ4n) is 4.74. The van der Waals surface area contributed by atoms with Crippen molar-refractivity contribution in [3.05, 3.63) is 71.8 Å². The van der Waals surface area contributed by atoms with Crippen LogP contribution in [-0.4, -0.2) is 48.5 Å². The monoisotopic (exact) mass is 533 g/mol. The minimum atomic E-state index is -0.527. The molecule has 2 amide bonds. The van der Waals surface area contributed by atoms with E-state index >= 15 is 0 Å². The predicted molar refractivity (Wildman–Crippen MR) is 149 cm³/mol. The Bertz CT molecular complexity index is 1390. The zero-order chi connectivity index (χ0) is 26.5. The molecule has 1 aliphatic rings. The van der Waals surface area contributed by atoms with Crippen molar-refractivity contribution in [1.29, 1.82) is 0 Å². The number of nitrogens with one attached hydrogen (secondary N) is 3. The minimum absolute atomic E-state index is 0.267. The van der Waals surface area contributed by atoms with E-state index in [4.69, 9.17) is 9.47 Å². The van der Waals surface area contributed by atoms with Crippen molar-refractivity contribution in [2.45, 2.75) is 32.2 Å². The van der Waals surface area contributed by atoms with Crippen LogP contribution < -0.4 is 20.3 Å². The largest absolute Gasteiger partial charge is 0.414 e. The van der Waals surface area contributed by atoms with Crippen LogP contribution >= 0.6 is 11.3 Å². The van der Waals surface area contributed by atoms with E-state index in [1.807, 2.05) is 56.3 Å². The third-order valence-corrected chi connectivity index (χ3v) is 7.96. The zero-order valence-corrected chi connectivity index (χ0v) is 22.3. The van der Waals surface area contributed by atoms with Gasteiger partial charge in [0, 0.05) is 30.4 Å². The highest BCUT2D eigenvalue weighted by atomic mass is 32.1. The summed E-state index contributed by atoms with van der Waals surface area (Å²) in [6.07, 6.45) is 0.920. The molecule has 5 rings (SSSR count). The van der Waals surface area contributed by atoms with Gasteiger partial charge in [-0.15, -0.1) is 0 Å². The Kier molecular flexibility index (Phi) is 7.62. The van der Waals surface area contributed by atoms with Crippen LogP contribution in [0.15, 0.2) is 60.7 Å². The number of fused-ring (bicyclic) bond motifs is 1. The first kappa shape index (κ1) is 25.7. The molecule has 2 aromatic heterocycles. The lowest BCUT2D eigenvalue weighted by atomic mass is 9.85. The third kappa shape index (κ3) is 5.36. The van der Waals surface area contributed by atoms with Crippen LogP contribution in [-0.2, 0) is 10.3 Å². The molecular weight excluding hydrogens is 502 g/mol. The van der Waals surface area contributed by atoms with Gasteiger partial charge < -0.3 is 25.0 Å². The van der Waals surface area contributed by atoms with Gasteiger partial charge in [-0.3, -0.25) is 9.89 Å². The first-order valence-corrected chi connectivity index (χ1v) is 13.6. The van der Waals surface area contributed by atoms with Crippen molar-refractivity contribution in [2.75, 3.05) is 36.5 Å². The Hall–Kier alpha value is -3.89. The molecule has 3 heterocycles. The third-order valence-electron chi connectivity index (χ3n) is 7.04. The summed E-state index contributed by atoms with van der Waals surface area (Å²) in [5, 5.41) is 14.2. The van der Waals surface area contributed by atoms with Crippen molar-refractivity contribution in [3.8, 4) is 5.06 Å². The number of hydrogen-bond acceptors (Lipinski definition) is 7. The maximum absolute atomic E-state index is 12.9. The second-order valence-electron chi connectivity index (χ2n) is 9.15. The molecule has 9 nitrogen and oxygen atoms in total. The molecule has 3 N–H and O–H groups in total. The molecule has 198 valence electrons. The van der Waals surface area contributed by atoms with Crippen LogP contribution in [0.2, 0.25) is 0 Å². The van der Waals surface area contributed by atoms with Gasteiger partial charge in [-0.2, -0.15) is 5.10 Å². The quantitative estimate of drug-likeness (QED) is 0.275. The smallest absolute Gasteiger partial charge is 0.399 e. The maximum Gasteiger partial charge on any atom is 0.414 e. The average molecular weight is 534 g/mol. The molecular formula is C28H31N5O4S. The Morgan fingerprint density at radius 2 is 1.79 bits per heavy atom. The van der Waals surface area contributed by atoms with Crippen molar-refractivity contribution < 1.29 is 19.1 Å². The minimum Gasteiger partial charge on any atom is -0.399 e. The summed E-state index contributed by atoms with van der Waals surface area (Å²) in [6, 6.07) is 19.1. The highest BCUT2D eigenvalue weighted by Crippen LogP contribution is 2.35. The molecule has 0 unspecified atom stereocenters. The van der Waals surface area contributed by atoms with Crippen LogP contribution in [0.3, 0.4) is 0 Å². The second-order valence-corrected chi connectivity index (χ2v) is 10.2. The molecule has 1 saturated heterocycles. The number of amides is 2. The first-order chi connectivity index (χ1) is 18.5. The lowest BCUT2D eigenvalue weighted by Crippen LogP contribution is -2.46. The summed E-state index contributed by atoms with van der Waals surface area (Å²) >= 11 is 1.26. The number of aromatic amines is 1. The number of anilines is 2. The lowest BCUT2D eigenvalue weighted by molar-refractivity contribution is 0.102. The fourth-order valence-corrected chi connectivity index (χ4v) is 5.59. The van der Waals surface area contributed by atoms with E-state index in [9.17, 15) is 9.59 Å². The zero-order valence-electron chi connectivity index (χ0n) is 21.5. The van der Waals surface area contributed by atoms with Crippen molar-refractivity contribution in [1.82, 2.24) is 15.5 Å². The van der Waals surface area contributed by atoms with Gasteiger partial charge >= 0.3 is 6.09 Å². The standard InChI is InChI=1S/C28H31N5O4S/c1-3-28(4-2,20-8-6-5-7-9-20)30-27(35)37-23-18-22-24(31-32-26(22)38-23)29-25(34)19-10-12-21(13-11-19)33-14-16-36-17-15-33/h5-13,18H,3-4,14-17H2,1-2H3,(H,30,35)(H2,29,31,32,34). The molecule has 1 aliphatic heterocycles. The lowest BCUT2D eigenvalue weighted by Gasteiger charge is -2.32. The van der Waals surface area contributed by atoms with Gasteiger partial charge in [0.25, 0.3) is 5.91 Å². The number of thiophene rings is 1. The fraction of sp³-hybridized carbons (Fsp3) is 0.321. The highest BCUT2D eigenvalue weighted by Gasteiger charge is 2.31. The van der Waals surface area contributed by atoms with Gasteiger partial charge in [-0.1, -0.05) is 55.5 Å². The molecule has 0 radical (unpaired) electrons. The summed E-state index contributed by atoms with van der Waals surface area (Å²) in [6.45, 7) is 7.17. The van der Waals surface area contributed by atoms with E-state index in [1.54, 1.807) is 18.2 Å². The van der Waals surface area contributed by atoms with Gasteiger partial charge in [0.1, 0.15) is 4.83 Å². The van der Waals surface area contributed by atoms with Crippen LogP contribution in [0.25, 0.3) is 10.2 Å². The van der Waals surface area contributed by atoms with E-state index in [1.165, 1.54) is 11.3 Å². The van der Waals surface area contributed by atoms with Crippen molar-refractivity contribution in [2.24, 2.45) is 0 Å². The highest BCUT2D eigenvalue weighted by molar-refractivity contribution is 7.20. The normalized spacial score (nSPS) is 13.9. The summed E-state index contributed by atoms with van der Waals surface area (Å²) in [5.41, 5.74) is 2.11. The van der Waals surface area contributed by atoms with Crippen LogP contribution in [0.4, 0.5) is 16.3 Å². The molecule has 1 fully saturated rings. The molecule has 38 heavy (non-hydrogen) atoms. The SMILES string of the molecule is CCC(CC)(NC(=O)Oc1cc2c(NC(=O)c3ccc(N4CCOCC4)cc3)n[nH]c2s1)c1ccccc1. The molecule has 2 aromatic carbocycles. The first-order valence-electron chi connectivity index (χ1n) is 12.8. The number of carbonyl (C=O) groups is 2. The van der Waals surface area contributed by atoms with E-state index in [0.29, 0.717) is 39.9 Å². The number of hydrogen-bond donors (Lipinski definition) is 3. The van der Waals surface area contributed by atoms with E-state index in [0.717, 1.165) is 37.2 Å². The topological polar surface area (TPSA) is 109 Å². The molecule has 0 saturated carbocycles. The molecule has 10 heteroatoms. The predicted octanol–water partition coefficient (Wildman–Crippen LogP) is 5.52. The van der Waals surface area contributed by atoms with Crippen molar-refractivity contribution in [3.63, 3.8) is 0 Å². The number of rotatable bonds is 8. The van der Waals surface area contributed by atoms with Gasteiger partial charge in [0.05, 0.1) is 24.1 Å². The number of morpholine rings is 1. The van der Waals surface area contributed by atoms with Crippen molar-refractivity contribution >= 4 is 45.1 Å². The Balaban J connectivity index is 1.25. The number of nitrogens with zero attached hydrogens (tertiary/aromatic N) is 2. The molecule has 4 aromatic rings. The summed E-state index contributed by atoms with van der Waals surface area (Å²) < 4.78 is 11.1. The van der Waals surface area contributed by atoms with Gasteiger partial charge in [0.2, 0.25) is 0 Å². The summed E-state index contributed by atoms with van der Waals surface area (Å²) in [5.74, 6) is 0.117. The number of carbonyl (C=O) groups excluding carboxylic acids is 2. The molecule has 0 atom stereocenters. The van der Waals surface area contributed by atoms with Crippen LogP contribution in [0, 0.1) is 0 Å². The average Bonchev–Trinajstić information content (AvgIpc) is 3.53.